The van der Waals surface area contributed by atoms with Crippen molar-refractivity contribution in [3.8, 4) is 11.3 Å². The van der Waals surface area contributed by atoms with E-state index in [1.54, 1.807) is 66.5 Å². The minimum Gasteiger partial charge on any atom is -0.460 e. The van der Waals surface area contributed by atoms with Gasteiger partial charge in [0.25, 0.3) is 17.7 Å². The second kappa shape index (κ2) is 28.6. The van der Waals surface area contributed by atoms with Gasteiger partial charge in [-0.25, -0.2) is 0 Å². The van der Waals surface area contributed by atoms with Gasteiger partial charge in [0.05, 0.1) is 76.7 Å². The molecule has 4 aromatic rings. The number of hydrogen-bond donors (Lipinski definition) is 2. The summed E-state index contributed by atoms with van der Waals surface area (Å²) in [5.41, 5.74) is 5.82. The number of aromatic nitrogens is 1. The van der Waals surface area contributed by atoms with Crippen molar-refractivity contribution in [3.63, 3.8) is 0 Å². The topological polar surface area (TPSA) is 181 Å². The van der Waals surface area contributed by atoms with Crippen LogP contribution in [0.5, 0.6) is 0 Å². The molecule has 17 nitrogen and oxygen atoms in total. The van der Waals surface area contributed by atoms with Crippen LogP contribution < -0.4 is 15.5 Å². The molecule has 1 aliphatic carbocycles. The quantitative estimate of drug-likeness (QED) is 0.0553. The number of carbonyl (C=O) groups is 5. The van der Waals surface area contributed by atoms with Gasteiger partial charge in [-0.2, -0.15) is 0 Å². The van der Waals surface area contributed by atoms with Gasteiger partial charge < -0.3 is 49.0 Å². The Labute approximate surface area is 443 Å². The fraction of sp³-hybridized carbons (Fsp3) is 0.517. The number of esters is 1. The summed E-state index contributed by atoms with van der Waals surface area (Å²) in [6, 6.07) is 23.8. The minimum atomic E-state index is -0.521. The number of benzene rings is 3. The number of rotatable bonds is 23. The van der Waals surface area contributed by atoms with Gasteiger partial charge in [-0.05, 0) is 119 Å². The molecule has 3 aliphatic rings. The Balaban J connectivity index is 0.00000914. The highest BCUT2D eigenvalue weighted by Gasteiger charge is 2.32. The molecule has 2 fully saturated rings. The molecule has 0 unspecified atom stereocenters. The lowest BCUT2D eigenvalue weighted by Gasteiger charge is -2.37. The lowest BCUT2D eigenvalue weighted by Crippen LogP contribution is -2.56. The molecule has 0 saturated carbocycles. The van der Waals surface area contributed by atoms with E-state index in [2.05, 4.69) is 27.7 Å². The van der Waals surface area contributed by atoms with Crippen molar-refractivity contribution >= 4 is 41.0 Å². The van der Waals surface area contributed by atoms with E-state index in [4.69, 9.17) is 28.7 Å². The first-order valence-electron chi connectivity index (χ1n) is 26.2. The van der Waals surface area contributed by atoms with Crippen LogP contribution in [0.2, 0.25) is 0 Å². The molecular formula is C58H79N7O10. The van der Waals surface area contributed by atoms with Crippen molar-refractivity contribution in [2.75, 3.05) is 116 Å². The number of piperidine rings is 1. The van der Waals surface area contributed by atoms with E-state index in [0.717, 1.165) is 56.4 Å². The van der Waals surface area contributed by atoms with E-state index >= 15 is 0 Å². The number of ether oxygens (including phenoxy) is 5. The highest BCUT2D eigenvalue weighted by Crippen LogP contribution is 2.34. The molecule has 4 amide bonds. The number of likely N-dealkylation sites (N-methyl/N-ethyl adjacent to an activating group) is 2. The average Bonchev–Trinajstić information content (AvgIpc) is 3.41. The number of nitrogens with one attached hydrogen (secondary N) is 2. The van der Waals surface area contributed by atoms with Crippen LogP contribution in [0.15, 0.2) is 85.1 Å². The molecule has 406 valence electrons. The minimum absolute atomic E-state index is 0. The predicted molar refractivity (Wildman–Crippen MR) is 290 cm³/mol. The van der Waals surface area contributed by atoms with Crippen LogP contribution in [0.1, 0.15) is 115 Å². The Morgan fingerprint density at radius 3 is 2.24 bits per heavy atom. The summed E-state index contributed by atoms with van der Waals surface area (Å²) < 4.78 is 27.7. The predicted octanol–water partition coefficient (Wildman–Crippen LogP) is 7.45. The van der Waals surface area contributed by atoms with E-state index in [9.17, 15) is 24.0 Å². The molecule has 7 rings (SSSR count). The molecule has 2 aliphatic heterocycles. The number of hydrogen-bond acceptors (Lipinski definition) is 13. The van der Waals surface area contributed by atoms with Crippen molar-refractivity contribution in [1.29, 1.82) is 0 Å². The van der Waals surface area contributed by atoms with Gasteiger partial charge in [0.2, 0.25) is 5.91 Å². The Morgan fingerprint density at radius 2 is 1.47 bits per heavy atom. The maximum Gasteiger partial charge on any atom is 0.308 e. The van der Waals surface area contributed by atoms with Gasteiger partial charge in [0, 0.05) is 87.5 Å². The summed E-state index contributed by atoms with van der Waals surface area (Å²) in [6.07, 6.45) is 8.06. The van der Waals surface area contributed by atoms with Crippen LogP contribution in [0, 0.1) is 0 Å². The largest absolute Gasteiger partial charge is 0.460 e. The first kappa shape index (κ1) is 58.0. The maximum atomic E-state index is 14.1. The Morgan fingerprint density at radius 1 is 0.747 bits per heavy atom. The summed E-state index contributed by atoms with van der Waals surface area (Å²) in [6.45, 7) is 11.7. The molecule has 0 spiro atoms. The van der Waals surface area contributed by atoms with Crippen molar-refractivity contribution < 1.29 is 47.7 Å². The number of morpholine rings is 1. The van der Waals surface area contributed by atoms with E-state index in [-0.39, 0.29) is 56.8 Å². The molecular weight excluding hydrogens is 955 g/mol. The number of anilines is 2. The van der Waals surface area contributed by atoms with Gasteiger partial charge in [0.1, 0.15) is 11.6 Å². The van der Waals surface area contributed by atoms with Crippen LogP contribution in [0.25, 0.3) is 11.3 Å². The molecule has 2 saturated heterocycles. The third-order valence-corrected chi connectivity index (χ3v) is 13.5. The molecule has 3 heterocycles. The standard InChI is InChI=1S/C57H75N7O10.CH4/c1-57(2,3)74-52(65)22-30-70-33-35-72-36-34-71-31-28-62(5)56(69)51-40-73-32-29-64(51)27-26-61(4)55(68)44-16-11-15-42(37-44)53(66)60-49-20-19-45(63-24-9-6-10-25-63)39-47(49)50-38-43(21-23-58-50)54(67)59-48-18-12-14-41-13-7-8-17-46(41)48;/h7-8,11,13,15-17,19-21,23,37-39,48,51H,6,9-10,12,14,18,22,24-36,40H2,1-5H3,(H,59,67)(H,60,66);1H4/t48-,51-;/m0./s1. The smallest absolute Gasteiger partial charge is 0.308 e. The van der Waals surface area contributed by atoms with Gasteiger partial charge in [-0.3, -0.25) is 33.9 Å². The number of fused-ring (bicyclic) bond motifs is 1. The molecule has 0 radical (unpaired) electrons. The monoisotopic (exact) mass is 1030 g/mol. The molecule has 75 heavy (non-hydrogen) atoms. The highest BCUT2D eigenvalue weighted by atomic mass is 16.6. The average molecular weight is 1030 g/mol. The summed E-state index contributed by atoms with van der Waals surface area (Å²) >= 11 is 0. The number of nitrogens with zero attached hydrogens (tertiary/aromatic N) is 5. The van der Waals surface area contributed by atoms with Crippen LogP contribution in [0.3, 0.4) is 0 Å². The van der Waals surface area contributed by atoms with Crippen molar-refractivity contribution in [2.24, 2.45) is 0 Å². The zero-order valence-corrected chi connectivity index (χ0v) is 43.9. The van der Waals surface area contributed by atoms with Crippen LogP contribution >= 0.6 is 0 Å². The van der Waals surface area contributed by atoms with Crippen molar-refractivity contribution in [3.05, 3.63) is 113 Å². The first-order valence-corrected chi connectivity index (χ1v) is 26.2. The Kier molecular flexibility index (Phi) is 22.1. The SMILES string of the molecule is C.CN(CCN1CCOC[C@H]1C(=O)N(C)CCOCCOCCOCCC(=O)OC(C)(C)C)C(=O)c1cccc(C(=O)Nc2ccc(N3CCCCC3)cc2-c2cc(C(=O)N[C@H]3CCCc4ccccc43)ccn2)c1. The lowest BCUT2D eigenvalue weighted by atomic mass is 9.87. The number of pyridine rings is 1. The Bertz CT molecular complexity index is 2530. The normalized spacial score (nSPS) is 16.7. The van der Waals surface area contributed by atoms with E-state index in [1.807, 2.05) is 56.0 Å². The molecule has 2 N–H and O–H groups in total. The molecule has 17 heteroatoms. The maximum absolute atomic E-state index is 14.1. The van der Waals surface area contributed by atoms with Gasteiger partial charge in [-0.15, -0.1) is 0 Å². The van der Waals surface area contributed by atoms with Gasteiger partial charge in [-0.1, -0.05) is 37.8 Å². The Hall–Kier alpha value is -6.24. The number of carbonyl (C=O) groups excluding carboxylic acids is 5. The van der Waals surface area contributed by atoms with E-state index < -0.39 is 17.6 Å². The highest BCUT2D eigenvalue weighted by molar-refractivity contribution is 6.08. The second-order valence-electron chi connectivity index (χ2n) is 20.1. The van der Waals surface area contributed by atoms with Crippen molar-refractivity contribution in [1.82, 2.24) is 25.0 Å². The fourth-order valence-corrected chi connectivity index (χ4v) is 9.44. The molecule has 2 atom stereocenters. The zero-order valence-electron chi connectivity index (χ0n) is 43.9. The third kappa shape index (κ3) is 17.1. The molecule has 1 aromatic heterocycles. The van der Waals surface area contributed by atoms with Gasteiger partial charge in [0.15, 0.2) is 0 Å². The molecule has 3 aromatic carbocycles. The van der Waals surface area contributed by atoms with E-state index in [1.165, 1.54) is 12.0 Å². The van der Waals surface area contributed by atoms with Crippen LogP contribution in [-0.4, -0.2) is 167 Å². The fourth-order valence-electron chi connectivity index (χ4n) is 9.44. The number of aryl methyl sites for hydroxylation is 1. The number of amides is 4. The van der Waals surface area contributed by atoms with Crippen LogP contribution in [-0.2, 0) is 39.7 Å². The summed E-state index contributed by atoms with van der Waals surface area (Å²) in [4.78, 5) is 79.6. The van der Waals surface area contributed by atoms with Crippen LogP contribution in [0.4, 0.5) is 11.4 Å². The van der Waals surface area contributed by atoms with E-state index in [0.29, 0.717) is 99.5 Å². The third-order valence-electron chi connectivity index (χ3n) is 13.5. The van der Waals surface area contributed by atoms with Crippen molar-refractivity contribution in [2.45, 2.75) is 90.8 Å². The second-order valence-corrected chi connectivity index (χ2v) is 20.1. The first-order chi connectivity index (χ1) is 35.7. The van der Waals surface area contributed by atoms with Gasteiger partial charge >= 0.3 is 5.97 Å². The lowest BCUT2D eigenvalue weighted by molar-refractivity contribution is -0.156. The molecule has 0 bridgehead atoms. The summed E-state index contributed by atoms with van der Waals surface area (Å²) in [5, 5.41) is 6.37. The summed E-state index contributed by atoms with van der Waals surface area (Å²) in [7, 11) is 3.45. The summed E-state index contributed by atoms with van der Waals surface area (Å²) in [5.74, 6) is -1.24. The zero-order chi connectivity index (χ0) is 52.5.